The fraction of sp³-hybridized carbons (Fsp3) is 0.647. The van der Waals surface area contributed by atoms with Crippen LogP contribution < -0.4 is 9.80 Å². The average molecular weight is 363 g/mol. The van der Waals surface area contributed by atoms with Gasteiger partial charge in [0.25, 0.3) is 0 Å². The van der Waals surface area contributed by atoms with E-state index in [0.717, 1.165) is 5.82 Å². The van der Waals surface area contributed by atoms with Gasteiger partial charge in [-0.3, -0.25) is 4.90 Å². The number of nitrogens with zero attached hydrogens (tertiary/aromatic N) is 7. The van der Waals surface area contributed by atoms with Crippen LogP contribution in [0.5, 0.6) is 0 Å². The molecule has 3 rings (SSSR count). The van der Waals surface area contributed by atoms with Crippen molar-refractivity contribution in [1.82, 2.24) is 25.1 Å². The molecule has 0 spiro atoms. The Kier molecular flexibility index (Phi) is 5.36. The van der Waals surface area contributed by atoms with Gasteiger partial charge in [-0.2, -0.15) is 4.98 Å². The molecule has 8 nitrogen and oxygen atoms in total. The Balaban J connectivity index is 1.74. The largest absolute Gasteiger partial charge is 0.424 e. The lowest BCUT2D eigenvalue weighted by atomic mass is 10.1. The van der Waals surface area contributed by atoms with Gasteiger partial charge in [0.15, 0.2) is 0 Å². The highest BCUT2D eigenvalue weighted by Crippen LogP contribution is 2.28. The second kappa shape index (κ2) is 7.53. The first-order chi connectivity index (χ1) is 12.3. The monoisotopic (exact) mass is 363 g/mol. The van der Waals surface area contributed by atoms with Crippen molar-refractivity contribution in [3.8, 4) is 0 Å². The molecule has 0 unspecified atom stereocenters. The van der Waals surface area contributed by atoms with E-state index in [2.05, 4.69) is 25.1 Å². The third-order valence-corrected chi connectivity index (χ3v) is 4.74. The number of alkyl halides is 1. The van der Waals surface area contributed by atoms with Crippen LogP contribution in [0.15, 0.2) is 16.7 Å². The van der Waals surface area contributed by atoms with Crippen molar-refractivity contribution in [2.75, 3.05) is 44.0 Å². The Morgan fingerprint density at radius 3 is 2.77 bits per heavy atom. The van der Waals surface area contributed by atoms with E-state index in [-0.39, 0.29) is 12.1 Å². The third kappa shape index (κ3) is 3.92. The van der Waals surface area contributed by atoms with Crippen molar-refractivity contribution in [2.45, 2.75) is 38.5 Å². The molecular formula is C17H26FN7O. The molecule has 26 heavy (non-hydrogen) atoms. The number of likely N-dealkylation sites (N-methyl/N-ethyl adjacent to an activating group) is 1. The van der Waals surface area contributed by atoms with Crippen LogP contribution >= 0.6 is 0 Å². The van der Waals surface area contributed by atoms with E-state index >= 15 is 0 Å². The van der Waals surface area contributed by atoms with E-state index in [1.807, 2.05) is 43.9 Å². The van der Waals surface area contributed by atoms with Gasteiger partial charge >= 0.3 is 0 Å². The Morgan fingerprint density at radius 2 is 2.12 bits per heavy atom. The molecule has 1 aliphatic heterocycles. The Bertz CT molecular complexity index is 737. The summed E-state index contributed by atoms with van der Waals surface area (Å²) in [4.78, 5) is 14.8. The summed E-state index contributed by atoms with van der Waals surface area (Å²) in [5, 5.41) is 7.98. The molecule has 0 saturated carbocycles. The molecule has 9 heteroatoms. The molecule has 142 valence electrons. The fourth-order valence-electron chi connectivity index (χ4n) is 3.19. The number of anilines is 2. The summed E-state index contributed by atoms with van der Waals surface area (Å²) in [5.74, 6) is 2.49. The predicted molar refractivity (Wildman–Crippen MR) is 97.1 cm³/mol. The first-order valence-corrected chi connectivity index (χ1v) is 8.76. The zero-order chi connectivity index (χ0) is 18.8. The van der Waals surface area contributed by atoms with Crippen LogP contribution in [0, 0.1) is 6.92 Å². The van der Waals surface area contributed by atoms with Gasteiger partial charge in [0.2, 0.25) is 17.7 Å². The molecule has 1 saturated heterocycles. The summed E-state index contributed by atoms with van der Waals surface area (Å²) in [6.45, 7) is 4.79. The molecule has 0 N–H and O–H groups in total. The molecule has 0 bridgehead atoms. The van der Waals surface area contributed by atoms with Crippen LogP contribution in [-0.2, 0) is 0 Å². The normalized spacial score (nSPS) is 21.4. The number of hydrogen-bond donors (Lipinski definition) is 0. The molecule has 1 fully saturated rings. The topological polar surface area (TPSA) is 74.4 Å². The molecule has 0 aromatic carbocycles. The summed E-state index contributed by atoms with van der Waals surface area (Å²) in [6.07, 6.45) is 1.32. The fourth-order valence-corrected chi connectivity index (χ4v) is 3.19. The molecule has 0 aliphatic carbocycles. The second-order valence-corrected chi connectivity index (χ2v) is 7.02. The van der Waals surface area contributed by atoms with Crippen LogP contribution in [0.3, 0.4) is 0 Å². The minimum absolute atomic E-state index is 0.0198. The van der Waals surface area contributed by atoms with Crippen molar-refractivity contribution >= 4 is 11.8 Å². The van der Waals surface area contributed by atoms with E-state index in [1.54, 1.807) is 13.1 Å². The van der Waals surface area contributed by atoms with Crippen LogP contribution in [0.2, 0.25) is 0 Å². The summed E-state index contributed by atoms with van der Waals surface area (Å²) in [6, 6.07) is 1.81. The van der Waals surface area contributed by atoms with Gasteiger partial charge in [-0.1, -0.05) is 0 Å². The number of aryl methyl sites for hydroxylation is 1. The van der Waals surface area contributed by atoms with Crippen molar-refractivity contribution in [1.29, 1.82) is 0 Å². The maximum Gasteiger partial charge on any atom is 0.233 e. The van der Waals surface area contributed by atoms with Crippen LogP contribution in [-0.4, -0.2) is 71.5 Å². The Hall–Kier alpha value is -2.29. The second-order valence-electron chi connectivity index (χ2n) is 7.02. The van der Waals surface area contributed by atoms with E-state index < -0.39 is 6.17 Å². The highest BCUT2D eigenvalue weighted by molar-refractivity contribution is 5.45. The summed E-state index contributed by atoms with van der Waals surface area (Å²) in [5.41, 5.74) is 0. The molecule has 3 heterocycles. The molecule has 3 atom stereocenters. The van der Waals surface area contributed by atoms with E-state index in [4.69, 9.17) is 4.42 Å². The maximum absolute atomic E-state index is 14.2. The quantitative estimate of drug-likeness (QED) is 0.770. The van der Waals surface area contributed by atoms with Gasteiger partial charge in [-0.25, -0.2) is 9.37 Å². The lowest BCUT2D eigenvalue weighted by Crippen LogP contribution is -2.40. The van der Waals surface area contributed by atoms with Crippen LogP contribution in [0.4, 0.5) is 16.2 Å². The lowest BCUT2D eigenvalue weighted by Gasteiger charge is -2.31. The minimum Gasteiger partial charge on any atom is -0.424 e. The van der Waals surface area contributed by atoms with Gasteiger partial charge in [0.1, 0.15) is 12.0 Å². The van der Waals surface area contributed by atoms with Gasteiger partial charge in [0.05, 0.1) is 12.6 Å². The smallest absolute Gasteiger partial charge is 0.233 e. The van der Waals surface area contributed by atoms with E-state index in [9.17, 15) is 4.39 Å². The molecule has 2 aromatic heterocycles. The van der Waals surface area contributed by atoms with Crippen molar-refractivity contribution in [3.63, 3.8) is 0 Å². The third-order valence-electron chi connectivity index (χ3n) is 4.74. The Labute approximate surface area is 153 Å². The van der Waals surface area contributed by atoms with Crippen molar-refractivity contribution in [3.05, 3.63) is 24.0 Å². The number of aromatic nitrogens is 4. The summed E-state index contributed by atoms with van der Waals surface area (Å²) < 4.78 is 19.7. The average Bonchev–Trinajstić information content (AvgIpc) is 3.20. The Morgan fingerprint density at radius 1 is 1.35 bits per heavy atom. The van der Waals surface area contributed by atoms with Gasteiger partial charge in [-0.15, -0.1) is 10.2 Å². The number of rotatable bonds is 6. The zero-order valence-electron chi connectivity index (χ0n) is 15.9. The van der Waals surface area contributed by atoms with Crippen molar-refractivity contribution in [2.24, 2.45) is 0 Å². The van der Waals surface area contributed by atoms with Gasteiger partial charge in [0, 0.05) is 46.2 Å². The van der Waals surface area contributed by atoms with Gasteiger partial charge in [-0.05, 0) is 20.0 Å². The van der Waals surface area contributed by atoms with E-state index in [1.165, 1.54) is 0 Å². The highest BCUT2D eigenvalue weighted by Gasteiger charge is 2.35. The van der Waals surface area contributed by atoms with Crippen LogP contribution in [0.1, 0.15) is 31.2 Å². The number of hydrogen-bond acceptors (Lipinski definition) is 8. The number of halogens is 1. The molecular weight excluding hydrogens is 337 g/mol. The summed E-state index contributed by atoms with van der Waals surface area (Å²) >= 11 is 0. The molecule has 0 radical (unpaired) electrons. The standard InChI is InChI=1S/C17H26FN7O/c1-11(16-22-21-12(2)26-16)24(5)10-14-8-13(18)9-25(14)15-6-7-19-17(20-15)23(3)4/h6-7,11,13-14H,8-10H2,1-5H3/t11-,13+,14+/m1/s1. The minimum atomic E-state index is -0.868. The summed E-state index contributed by atoms with van der Waals surface area (Å²) in [7, 11) is 5.76. The van der Waals surface area contributed by atoms with Gasteiger partial charge < -0.3 is 14.2 Å². The predicted octanol–water partition coefficient (Wildman–Crippen LogP) is 1.84. The first kappa shape index (κ1) is 18.5. The molecule has 2 aromatic rings. The first-order valence-electron chi connectivity index (χ1n) is 8.76. The molecule has 1 aliphatic rings. The zero-order valence-corrected chi connectivity index (χ0v) is 15.9. The SMILES string of the molecule is Cc1nnc([C@@H](C)N(C)C[C@@H]2C[C@H](F)CN2c2ccnc(N(C)C)n2)o1. The maximum atomic E-state index is 14.2. The van der Waals surface area contributed by atoms with Crippen molar-refractivity contribution < 1.29 is 8.81 Å². The van der Waals surface area contributed by atoms with Crippen LogP contribution in [0.25, 0.3) is 0 Å². The lowest BCUT2D eigenvalue weighted by molar-refractivity contribution is 0.207. The molecule has 0 amide bonds. The highest BCUT2D eigenvalue weighted by atomic mass is 19.1. The van der Waals surface area contributed by atoms with E-state index in [0.29, 0.717) is 37.2 Å².